The van der Waals surface area contributed by atoms with E-state index < -0.39 is 33.5 Å². The molecule has 1 amide bonds. The molecule has 0 atom stereocenters. The number of hydrogen-bond donors (Lipinski definition) is 3. The van der Waals surface area contributed by atoms with Crippen molar-refractivity contribution in [1.29, 1.82) is 0 Å². The molecule has 0 aliphatic heterocycles. The fourth-order valence-electron chi connectivity index (χ4n) is 2.93. The van der Waals surface area contributed by atoms with Crippen molar-refractivity contribution in [2.24, 2.45) is 5.73 Å². The SMILES string of the molecule is Cc1cc(C(N)=O)ccc1Nc1ncc(C(F)(F)F)c(NCc2nccnc2N(C)S(C)(=O)=O)n1.Cl. The van der Waals surface area contributed by atoms with Crippen LogP contribution in [0.2, 0.25) is 0 Å². The molecule has 0 bridgehead atoms. The lowest BCUT2D eigenvalue weighted by Crippen LogP contribution is -2.27. The van der Waals surface area contributed by atoms with Crippen LogP contribution in [-0.4, -0.2) is 47.6 Å². The van der Waals surface area contributed by atoms with Gasteiger partial charge >= 0.3 is 6.18 Å². The molecule has 4 N–H and O–H groups in total. The molecule has 0 spiro atoms. The fraction of sp³-hybridized carbons (Fsp3) is 0.250. The highest BCUT2D eigenvalue weighted by Crippen LogP contribution is 2.34. The number of carbonyl (C=O) groups excluding carboxylic acids is 1. The second-order valence-corrected chi connectivity index (χ2v) is 9.40. The smallest absolute Gasteiger partial charge is 0.366 e. The minimum Gasteiger partial charge on any atom is -0.366 e. The van der Waals surface area contributed by atoms with Gasteiger partial charge in [-0.1, -0.05) is 0 Å². The van der Waals surface area contributed by atoms with E-state index in [9.17, 15) is 26.4 Å². The molecule has 11 nitrogen and oxygen atoms in total. The number of alkyl halides is 3. The van der Waals surface area contributed by atoms with E-state index in [2.05, 4.69) is 30.6 Å². The summed E-state index contributed by atoms with van der Waals surface area (Å²) < 4.78 is 65.4. The normalized spacial score (nSPS) is 11.4. The van der Waals surface area contributed by atoms with Gasteiger partial charge in [0.2, 0.25) is 21.9 Å². The maximum absolute atomic E-state index is 13.6. The van der Waals surface area contributed by atoms with Gasteiger partial charge in [0.15, 0.2) is 5.82 Å². The summed E-state index contributed by atoms with van der Waals surface area (Å²) in [4.78, 5) is 27.0. The number of nitrogens with one attached hydrogen (secondary N) is 2. The van der Waals surface area contributed by atoms with Gasteiger partial charge in [-0.2, -0.15) is 18.2 Å². The first-order chi connectivity index (χ1) is 16.3. The highest BCUT2D eigenvalue weighted by atomic mass is 35.5. The maximum Gasteiger partial charge on any atom is 0.421 e. The van der Waals surface area contributed by atoms with Gasteiger partial charge in [-0.05, 0) is 30.7 Å². The molecule has 0 aliphatic carbocycles. The highest BCUT2D eigenvalue weighted by molar-refractivity contribution is 7.92. The summed E-state index contributed by atoms with van der Waals surface area (Å²) in [5, 5.41) is 5.36. The third-order valence-corrected chi connectivity index (χ3v) is 5.99. The van der Waals surface area contributed by atoms with Gasteiger partial charge in [0.1, 0.15) is 17.1 Å². The van der Waals surface area contributed by atoms with Gasteiger partial charge in [-0.3, -0.25) is 14.1 Å². The first kappa shape index (κ1) is 28.5. The predicted octanol–water partition coefficient (Wildman–Crippen LogP) is 2.87. The Balaban J connectivity index is 0.00000456. The van der Waals surface area contributed by atoms with E-state index in [-0.39, 0.29) is 42.0 Å². The van der Waals surface area contributed by atoms with Crippen molar-refractivity contribution in [3.8, 4) is 0 Å². The lowest BCUT2D eigenvalue weighted by Gasteiger charge is -2.19. The quantitative estimate of drug-likeness (QED) is 0.386. The van der Waals surface area contributed by atoms with E-state index in [0.717, 1.165) is 10.6 Å². The molecule has 194 valence electrons. The number of amides is 1. The van der Waals surface area contributed by atoms with E-state index in [0.29, 0.717) is 17.4 Å². The molecular formula is C20H22ClF3N8O3S. The van der Waals surface area contributed by atoms with Crippen LogP contribution in [0.4, 0.5) is 36.4 Å². The lowest BCUT2D eigenvalue weighted by atomic mass is 10.1. The Morgan fingerprint density at radius 1 is 1.17 bits per heavy atom. The van der Waals surface area contributed by atoms with Gasteiger partial charge in [-0.15, -0.1) is 12.4 Å². The number of nitrogens with two attached hydrogens (primary N) is 1. The van der Waals surface area contributed by atoms with Crippen molar-refractivity contribution in [3.05, 3.63) is 59.2 Å². The van der Waals surface area contributed by atoms with Crippen molar-refractivity contribution in [2.45, 2.75) is 19.6 Å². The molecule has 1 aromatic carbocycles. The molecule has 0 unspecified atom stereocenters. The van der Waals surface area contributed by atoms with Crippen LogP contribution in [0.25, 0.3) is 0 Å². The van der Waals surface area contributed by atoms with Crippen LogP contribution in [0.3, 0.4) is 0 Å². The number of anilines is 4. The van der Waals surface area contributed by atoms with Crippen LogP contribution >= 0.6 is 12.4 Å². The van der Waals surface area contributed by atoms with Gasteiger partial charge in [0, 0.05) is 36.9 Å². The molecule has 0 aliphatic rings. The zero-order valence-electron chi connectivity index (χ0n) is 19.2. The second kappa shape index (κ2) is 10.9. The van der Waals surface area contributed by atoms with Gasteiger partial charge in [0.25, 0.3) is 0 Å². The van der Waals surface area contributed by atoms with Crippen LogP contribution in [0.5, 0.6) is 0 Å². The number of hydrogen-bond acceptors (Lipinski definition) is 9. The Bertz CT molecular complexity index is 1370. The van der Waals surface area contributed by atoms with Crippen LogP contribution in [0.15, 0.2) is 36.8 Å². The van der Waals surface area contributed by atoms with Crippen molar-refractivity contribution in [2.75, 3.05) is 28.2 Å². The van der Waals surface area contributed by atoms with E-state index in [1.54, 1.807) is 6.92 Å². The van der Waals surface area contributed by atoms with E-state index in [1.807, 2.05) is 0 Å². The highest BCUT2D eigenvalue weighted by Gasteiger charge is 2.35. The fourth-order valence-corrected chi connectivity index (χ4v) is 3.40. The Kier molecular flexibility index (Phi) is 8.64. The third-order valence-electron chi connectivity index (χ3n) is 4.82. The number of aromatic nitrogens is 4. The average Bonchev–Trinajstić information content (AvgIpc) is 2.77. The molecule has 0 saturated heterocycles. The van der Waals surface area contributed by atoms with Crippen LogP contribution in [0.1, 0.15) is 27.2 Å². The molecule has 3 aromatic rings. The van der Waals surface area contributed by atoms with E-state index in [4.69, 9.17) is 5.73 Å². The minimum absolute atomic E-state index is 0. The van der Waals surface area contributed by atoms with E-state index in [1.165, 1.54) is 37.6 Å². The first-order valence-corrected chi connectivity index (χ1v) is 11.7. The number of halogens is 4. The van der Waals surface area contributed by atoms with E-state index >= 15 is 0 Å². The summed E-state index contributed by atoms with van der Waals surface area (Å²) in [7, 11) is -2.44. The van der Waals surface area contributed by atoms with Gasteiger partial charge in [-0.25, -0.2) is 18.4 Å². The molecular weight excluding hydrogens is 525 g/mol. The third kappa shape index (κ3) is 6.69. The zero-order chi connectivity index (χ0) is 26.0. The van der Waals surface area contributed by atoms with Crippen LogP contribution < -0.4 is 20.7 Å². The molecule has 0 fully saturated rings. The van der Waals surface area contributed by atoms with Crippen LogP contribution in [-0.2, 0) is 22.7 Å². The average molecular weight is 547 g/mol. The first-order valence-electron chi connectivity index (χ1n) is 9.86. The number of benzene rings is 1. The molecule has 0 saturated carbocycles. The van der Waals surface area contributed by atoms with Crippen molar-refractivity contribution >= 4 is 51.6 Å². The molecule has 2 aromatic heterocycles. The number of rotatable bonds is 8. The zero-order valence-corrected chi connectivity index (χ0v) is 20.8. The molecule has 36 heavy (non-hydrogen) atoms. The minimum atomic E-state index is -4.77. The predicted molar refractivity (Wildman–Crippen MR) is 130 cm³/mol. The lowest BCUT2D eigenvalue weighted by molar-refractivity contribution is -0.137. The van der Waals surface area contributed by atoms with Crippen molar-refractivity contribution in [3.63, 3.8) is 0 Å². The number of nitrogens with zero attached hydrogens (tertiary/aromatic N) is 5. The summed E-state index contributed by atoms with van der Waals surface area (Å²) in [6.07, 6.45) is -0.645. The Labute approximate surface area is 210 Å². The number of carbonyl (C=O) groups is 1. The van der Waals surface area contributed by atoms with Gasteiger partial charge < -0.3 is 16.4 Å². The number of aryl methyl sites for hydroxylation is 1. The number of sulfonamides is 1. The van der Waals surface area contributed by atoms with Crippen LogP contribution in [0, 0.1) is 6.92 Å². The largest absolute Gasteiger partial charge is 0.421 e. The molecule has 2 heterocycles. The molecule has 3 rings (SSSR count). The summed E-state index contributed by atoms with van der Waals surface area (Å²) in [6, 6.07) is 4.49. The van der Waals surface area contributed by atoms with Gasteiger partial charge in [0.05, 0.1) is 12.8 Å². The Morgan fingerprint density at radius 2 is 1.83 bits per heavy atom. The Morgan fingerprint density at radius 3 is 2.42 bits per heavy atom. The topological polar surface area (TPSA) is 156 Å². The standard InChI is InChI=1S/C20H21F3N8O3S.ClH/c1-11-8-12(16(24)32)4-5-14(11)29-19-28-9-13(20(21,22)23)17(30-19)27-10-15-18(26-7-6-25-15)31(2)35(3,33)34;/h4-9H,10H2,1-3H3,(H2,24,32)(H2,27,28,29,30);1H. The van der Waals surface area contributed by atoms with Crippen molar-refractivity contribution < 1.29 is 26.4 Å². The summed E-state index contributed by atoms with van der Waals surface area (Å²) in [5.74, 6) is -1.38. The maximum atomic E-state index is 13.6. The molecule has 16 heteroatoms. The molecule has 0 radical (unpaired) electrons. The summed E-state index contributed by atoms with van der Waals surface area (Å²) in [6.45, 7) is 1.36. The summed E-state index contributed by atoms with van der Waals surface area (Å²) in [5.41, 5.74) is 5.51. The number of primary amides is 1. The Hall–Kier alpha value is -3.72. The monoisotopic (exact) mass is 546 g/mol. The summed E-state index contributed by atoms with van der Waals surface area (Å²) >= 11 is 0. The second-order valence-electron chi connectivity index (χ2n) is 7.38. The van der Waals surface area contributed by atoms with Crippen molar-refractivity contribution in [1.82, 2.24) is 19.9 Å².